The van der Waals surface area contributed by atoms with Crippen molar-refractivity contribution in [2.75, 3.05) is 0 Å². The van der Waals surface area contributed by atoms with E-state index < -0.39 is 50.1 Å². The summed E-state index contributed by atoms with van der Waals surface area (Å²) in [6.45, 7) is 0. The predicted octanol–water partition coefficient (Wildman–Crippen LogP) is 6.10. The summed E-state index contributed by atoms with van der Waals surface area (Å²) >= 11 is 1.19. The van der Waals surface area contributed by atoms with Gasteiger partial charge in [0.15, 0.2) is 0 Å². The molecule has 0 saturated heterocycles. The summed E-state index contributed by atoms with van der Waals surface area (Å²) in [7, 11) is 0. The van der Waals surface area contributed by atoms with E-state index in [0.29, 0.717) is 0 Å². The predicted molar refractivity (Wildman–Crippen MR) is 56.1 cm³/mol. The Hall–Kier alpha value is -0.580. The fourth-order valence-corrected chi connectivity index (χ4v) is 2.63. The van der Waals surface area contributed by atoms with Crippen molar-refractivity contribution in [2.24, 2.45) is 0 Å². The summed E-state index contributed by atoms with van der Waals surface area (Å²) in [5.41, 5.74) is -8.74. The molecular formula is C9H2BrF9S. The van der Waals surface area contributed by atoms with Gasteiger partial charge in [0.05, 0.1) is 11.1 Å². The molecule has 0 aliphatic heterocycles. The molecule has 0 unspecified atom stereocenters. The monoisotopic (exact) mass is 392 g/mol. The highest BCUT2D eigenvalue weighted by molar-refractivity contribution is 9.10. The van der Waals surface area contributed by atoms with Crippen molar-refractivity contribution >= 4 is 27.7 Å². The van der Waals surface area contributed by atoms with Gasteiger partial charge in [-0.3, -0.25) is 0 Å². The Morgan fingerprint density at radius 3 is 1.55 bits per heavy atom. The Balaban J connectivity index is 3.50. The molecule has 0 N–H and O–H groups in total. The first-order valence-corrected chi connectivity index (χ1v) is 6.06. The molecule has 114 valence electrons. The van der Waals surface area contributed by atoms with Gasteiger partial charge in [0, 0.05) is 9.37 Å². The molecule has 1 aromatic carbocycles. The molecule has 20 heavy (non-hydrogen) atoms. The van der Waals surface area contributed by atoms with Crippen LogP contribution in [0.2, 0.25) is 0 Å². The number of alkyl halides is 9. The molecule has 0 saturated carbocycles. The molecule has 0 nitrogen and oxygen atoms in total. The highest BCUT2D eigenvalue weighted by Crippen LogP contribution is 2.47. The van der Waals surface area contributed by atoms with Crippen molar-refractivity contribution in [2.45, 2.75) is 22.8 Å². The maximum atomic E-state index is 12.6. The third kappa shape index (κ3) is 4.47. The molecule has 0 aliphatic carbocycles. The van der Waals surface area contributed by atoms with Crippen LogP contribution in [0, 0.1) is 0 Å². The molecule has 0 amide bonds. The smallest absolute Gasteiger partial charge is 0.166 e. The minimum absolute atomic E-state index is 0.157. The van der Waals surface area contributed by atoms with Crippen molar-refractivity contribution < 1.29 is 39.5 Å². The lowest BCUT2D eigenvalue weighted by atomic mass is 10.1. The van der Waals surface area contributed by atoms with Gasteiger partial charge in [0.2, 0.25) is 0 Å². The van der Waals surface area contributed by atoms with Crippen molar-refractivity contribution in [3.63, 3.8) is 0 Å². The third-order valence-electron chi connectivity index (χ3n) is 1.91. The number of rotatable bonds is 1. The Kier molecular flexibility index (Phi) is 4.65. The number of halogens is 10. The summed E-state index contributed by atoms with van der Waals surface area (Å²) in [6.07, 6.45) is -10.5. The van der Waals surface area contributed by atoms with Gasteiger partial charge in [-0.1, -0.05) is 15.9 Å². The van der Waals surface area contributed by atoms with Crippen molar-refractivity contribution in [1.29, 1.82) is 0 Å². The Morgan fingerprint density at radius 2 is 1.20 bits per heavy atom. The normalized spacial score (nSPS) is 13.7. The Bertz CT molecular complexity index is 500. The molecule has 1 aromatic rings. The second-order valence-electron chi connectivity index (χ2n) is 3.37. The fourth-order valence-electron chi connectivity index (χ4n) is 1.20. The van der Waals surface area contributed by atoms with Gasteiger partial charge in [-0.2, -0.15) is 39.5 Å². The Labute approximate surface area is 118 Å². The van der Waals surface area contributed by atoms with Gasteiger partial charge >= 0.3 is 17.9 Å². The van der Waals surface area contributed by atoms with E-state index in [1.165, 1.54) is 0 Å². The zero-order chi connectivity index (χ0) is 15.9. The lowest BCUT2D eigenvalue weighted by Crippen LogP contribution is -2.14. The van der Waals surface area contributed by atoms with Crippen LogP contribution in [0.25, 0.3) is 0 Å². The second-order valence-corrected chi connectivity index (χ2v) is 5.33. The lowest BCUT2D eigenvalue weighted by molar-refractivity contribution is -0.144. The first kappa shape index (κ1) is 17.5. The number of thioether (sulfide) groups is 1. The summed E-state index contributed by atoms with van der Waals surface area (Å²) in [5.74, 6) is 0. The van der Waals surface area contributed by atoms with Crippen molar-refractivity contribution in [3.8, 4) is 0 Å². The molecule has 0 fully saturated rings. The van der Waals surface area contributed by atoms with Crippen LogP contribution in [0.4, 0.5) is 39.5 Å². The van der Waals surface area contributed by atoms with Crippen LogP contribution in [0.15, 0.2) is 21.5 Å². The first-order valence-electron chi connectivity index (χ1n) is 4.45. The van der Waals surface area contributed by atoms with Crippen LogP contribution in [-0.2, 0) is 12.4 Å². The average molecular weight is 393 g/mol. The summed E-state index contributed by atoms with van der Waals surface area (Å²) in [5, 5.41) is 0. The quantitative estimate of drug-likeness (QED) is 0.411. The van der Waals surface area contributed by atoms with Gasteiger partial charge in [0.1, 0.15) is 0 Å². The van der Waals surface area contributed by atoms with Crippen molar-refractivity contribution in [1.82, 2.24) is 0 Å². The van der Waals surface area contributed by atoms with Gasteiger partial charge in [-0.15, -0.1) is 0 Å². The van der Waals surface area contributed by atoms with Gasteiger partial charge in [-0.05, 0) is 23.9 Å². The summed E-state index contributed by atoms with van der Waals surface area (Å²) in [4.78, 5) is -1.36. The molecule has 0 aromatic heterocycles. The van der Waals surface area contributed by atoms with E-state index >= 15 is 0 Å². The first-order chi connectivity index (χ1) is 8.72. The zero-order valence-electron chi connectivity index (χ0n) is 8.84. The molecular weight excluding hydrogens is 391 g/mol. The fraction of sp³-hybridized carbons (Fsp3) is 0.333. The molecule has 0 radical (unpaired) electrons. The molecule has 0 spiro atoms. The van der Waals surface area contributed by atoms with E-state index in [-0.39, 0.29) is 12.1 Å². The molecule has 0 atom stereocenters. The molecule has 0 aliphatic rings. The maximum absolute atomic E-state index is 12.6. The largest absolute Gasteiger partial charge is 0.446 e. The highest BCUT2D eigenvalue weighted by Gasteiger charge is 2.42. The minimum Gasteiger partial charge on any atom is -0.166 e. The SMILES string of the molecule is FC(F)(F)Sc1cc(Br)c(C(F)(F)F)cc1C(F)(F)F. The van der Waals surface area contributed by atoms with Crippen LogP contribution >= 0.6 is 27.7 Å². The molecule has 0 bridgehead atoms. The summed E-state index contributed by atoms with van der Waals surface area (Å²) in [6, 6.07) is -0.193. The van der Waals surface area contributed by atoms with Gasteiger partial charge < -0.3 is 0 Å². The van der Waals surface area contributed by atoms with E-state index in [2.05, 4.69) is 15.9 Å². The van der Waals surface area contributed by atoms with Crippen LogP contribution in [-0.4, -0.2) is 5.51 Å². The third-order valence-corrected chi connectivity index (χ3v) is 3.35. The summed E-state index contributed by atoms with van der Waals surface area (Å²) < 4.78 is 111. The van der Waals surface area contributed by atoms with Crippen molar-refractivity contribution in [3.05, 3.63) is 27.7 Å². The van der Waals surface area contributed by atoms with E-state index in [1.807, 2.05) is 0 Å². The number of benzene rings is 1. The number of hydrogen-bond donors (Lipinski definition) is 0. The Morgan fingerprint density at radius 1 is 0.750 bits per heavy atom. The van der Waals surface area contributed by atoms with Crippen LogP contribution in [0.1, 0.15) is 11.1 Å². The van der Waals surface area contributed by atoms with E-state index in [9.17, 15) is 39.5 Å². The van der Waals surface area contributed by atoms with Crippen LogP contribution in [0.3, 0.4) is 0 Å². The topological polar surface area (TPSA) is 0 Å². The second kappa shape index (κ2) is 5.32. The number of hydrogen-bond acceptors (Lipinski definition) is 1. The van der Waals surface area contributed by atoms with E-state index in [1.54, 1.807) is 0 Å². The zero-order valence-corrected chi connectivity index (χ0v) is 11.2. The van der Waals surface area contributed by atoms with Gasteiger partial charge in [-0.25, -0.2) is 0 Å². The van der Waals surface area contributed by atoms with E-state index in [4.69, 9.17) is 0 Å². The van der Waals surface area contributed by atoms with E-state index in [0.717, 1.165) is 0 Å². The average Bonchev–Trinajstić information content (AvgIpc) is 2.09. The standard InChI is InChI=1S/C9H2BrF9S/c10-5-2-6(20-9(17,18)19)4(8(14,15)16)1-3(5)7(11,12)13/h1-2H. The van der Waals surface area contributed by atoms with Crippen LogP contribution in [0.5, 0.6) is 0 Å². The lowest BCUT2D eigenvalue weighted by Gasteiger charge is -2.17. The highest BCUT2D eigenvalue weighted by atomic mass is 79.9. The molecule has 0 heterocycles. The molecule has 1 rings (SSSR count). The minimum atomic E-state index is -5.34. The van der Waals surface area contributed by atoms with Gasteiger partial charge in [0.25, 0.3) is 0 Å². The maximum Gasteiger partial charge on any atom is 0.446 e. The van der Waals surface area contributed by atoms with Crippen LogP contribution < -0.4 is 0 Å². The molecule has 11 heteroatoms.